The number of carbonyl (C=O) groups excluding carboxylic acids is 1. The van der Waals surface area contributed by atoms with Crippen molar-refractivity contribution in [1.29, 1.82) is 0 Å². The highest BCUT2D eigenvalue weighted by Crippen LogP contribution is 2.42. The normalized spacial score (nSPS) is 31.5. The fourth-order valence-electron chi connectivity index (χ4n) is 2.39. The number of halogens is 1. The average Bonchev–Trinajstić information content (AvgIpc) is 2.89. The van der Waals surface area contributed by atoms with Crippen LogP contribution in [0.25, 0.3) is 0 Å². The smallest absolute Gasteiger partial charge is 0.418 e. The molecule has 2 saturated heterocycles. The molecule has 0 N–H and O–H groups in total. The predicted octanol–water partition coefficient (Wildman–Crippen LogP) is 1.25. The Balaban J connectivity index is 1.61. The van der Waals surface area contributed by atoms with Gasteiger partial charge in [0.05, 0.1) is 22.9 Å². The summed E-state index contributed by atoms with van der Waals surface area (Å²) in [6.07, 6.45) is 2.55. The number of hydrogen-bond donors (Lipinski definition) is 0. The maximum Gasteiger partial charge on any atom is 0.418 e. The Morgan fingerprint density at radius 3 is 2.64 bits per heavy atom. The van der Waals surface area contributed by atoms with Crippen LogP contribution in [0.4, 0.5) is 4.79 Å². The number of amides is 1. The van der Waals surface area contributed by atoms with Gasteiger partial charge in [0.2, 0.25) is 0 Å². The maximum atomic E-state index is 11.1. The molecule has 1 saturated carbocycles. The van der Waals surface area contributed by atoms with Gasteiger partial charge >= 0.3 is 6.09 Å². The van der Waals surface area contributed by atoms with Gasteiger partial charge in [-0.3, -0.25) is 4.90 Å². The number of likely N-dealkylation sites (tertiary alicyclic amines) is 1. The molecule has 3 rings (SSSR count). The highest BCUT2D eigenvalue weighted by Gasteiger charge is 2.52. The van der Waals surface area contributed by atoms with Crippen LogP contribution in [0.3, 0.4) is 0 Å². The second-order valence-electron chi connectivity index (χ2n) is 4.71. The molecule has 4 nitrogen and oxygen atoms in total. The molecule has 78 valence electrons. The number of cyclic esters (lactones) is 1. The van der Waals surface area contributed by atoms with Crippen LogP contribution in [0, 0.1) is 5.41 Å². The van der Waals surface area contributed by atoms with E-state index in [1.54, 1.807) is 3.11 Å². The molecule has 2 aliphatic heterocycles. The van der Waals surface area contributed by atoms with E-state index in [2.05, 4.69) is 4.90 Å². The number of nitrogens with zero attached hydrogens (tertiary/aromatic N) is 2. The van der Waals surface area contributed by atoms with Gasteiger partial charge in [-0.1, -0.05) is 0 Å². The highest BCUT2D eigenvalue weighted by molar-refractivity contribution is 14.1. The van der Waals surface area contributed by atoms with E-state index in [0.717, 1.165) is 25.7 Å². The SMILES string of the molecule is O=C1OCC2(CN1I)CN(C1CC1)C2. The van der Waals surface area contributed by atoms with E-state index in [-0.39, 0.29) is 11.5 Å². The molecule has 0 atom stereocenters. The second kappa shape index (κ2) is 2.98. The third-order valence-electron chi connectivity index (χ3n) is 3.31. The molecule has 0 unspecified atom stereocenters. The topological polar surface area (TPSA) is 32.8 Å². The van der Waals surface area contributed by atoms with Crippen molar-refractivity contribution in [3.63, 3.8) is 0 Å². The summed E-state index contributed by atoms with van der Waals surface area (Å²) in [7, 11) is 0. The lowest BCUT2D eigenvalue weighted by atomic mass is 9.79. The Labute approximate surface area is 97.1 Å². The van der Waals surface area contributed by atoms with Crippen molar-refractivity contribution < 1.29 is 9.53 Å². The van der Waals surface area contributed by atoms with Gasteiger partial charge in [0, 0.05) is 31.1 Å². The summed E-state index contributed by atoms with van der Waals surface area (Å²) in [5.74, 6) is 0. The first-order valence-corrected chi connectivity index (χ1v) is 5.99. The minimum atomic E-state index is -0.180. The minimum absolute atomic E-state index is 0.180. The van der Waals surface area contributed by atoms with Crippen molar-refractivity contribution in [1.82, 2.24) is 8.01 Å². The van der Waals surface area contributed by atoms with E-state index in [9.17, 15) is 4.79 Å². The summed E-state index contributed by atoms with van der Waals surface area (Å²) in [6.45, 7) is 3.71. The first kappa shape index (κ1) is 9.21. The summed E-state index contributed by atoms with van der Waals surface area (Å²) in [4.78, 5) is 13.6. The molecule has 0 radical (unpaired) electrons. The van der Waals surface area contributed by atoms with E-state index in [0.29, 0.717) is 6.61 Å². The Morgan fingerprint density at radius 1 is 1.36 bits per heavy atom. The molecule has 0 aromatic rings. The predicted molar refractivity (Wildman–Crippen MR) is 59.1 cm³/mol. The van der Waals surface area contributed by atoms with Crippen LogP contribution < -0.4 is 0 Å². The van der Waals surface area contributed by atoms with Gasteiger partial charge in [0.1, 0.15) is 6.61 Å². The van der Waals surface area contributed by atoms with E-state index in [4.69, 9.17) is 4.74 Å². The molecule has 1 spiro atoms. The number of hydrogen-bond acceptors (Lipinski definition) is 3. The fraction of sp³-hybridized carbons (Fsp3) is 0.889. The molecule has 3 aliphatic rings. The van der Waals surface area contributed by atoms with Crippen molar-refractivity contribution in [2.75, 3.05) is 26.2 Å². The zero-order valence-corrected chi connectivity index (χ0v) is 10.1. The van der Waals surface area contributed by atoms with Gasteiger partial charge < -0.3 is 4.74 Å². The standard InChI is InChI=1S/C9H13IN2O2/c10-12-5-9(6-14-8(12)13)3-11(4-9)7-1-2-7/h7H,1-6H2. The largest absolute Gasteiger partial charge is 0.448 e. The van der Waals surface area contributed by atoms with E-state index < -0.39 is 0 Å². The molecule has 5 heteroatoms. The van der Waals surface area contributed by atoms with Gasteiger partial charge in [-0.25, -0.2) is 7.91 Å². The third kappa shape index (κ3) is 1.41. The average molecular weight is 308 g/mol. The quantitative estimate of drug-likeness (QED) is 0.540. The molecule has 1 aliphatic carbocycles. The lowest BCUT2D eigenvalue weighted by molar-refractivity contribution is -0.0778. The zero-order chi connectivity index (χ0) is 9.76. The molecule has 1 amide bonds. The van der Waals surface area contributed by atoms with Crippen LogP contribution >= 0.6 is 22.9 Å². The fourth-order valence-corrected chi connectivity index (χ4v) is 3.26. The van der Waals surface area contributed by atoms with Crippen LogP contribution in [-0.4, -0.2) is 46.4 Å². The Kier molecular flexibility index (Phi) is 1.96. The molecule has 0 aromatic carbocycles. The maximum absolute atomic E-state index is 11.1. The highest BCUT2D eigenvalue weighted by atomic mass is 127. The van der Waals surface area contributed by atoms with Crippen molar-refractivity contribution in [3.05, 3.63) is 0 Å². The lowest BCUT2D eigenvalue weighted by Gasteiger charge is -2.52. The van der Waals surface area contributed by atoms with Crippen LogP contribution in [0.2, 0.25) is 0 Å². The van der Waals surface area contributed by atoms with Gasteiger partial charge in [-0.15, -0.1) is 0 Å². The Bertz CT molecular complexity index is 274. The van der Waals surface area contributed by atoms with Crippen LogP contribution in [0.15, 0.2) is 0 Å². The molecule has 0 bridgehead atoms. The monoisotopic (exact) mass is 308 g/mol. The van der Waals surface area contributed by atoms with Gasteiger partial charge in [0.25, 0.3) is 0 Å². The summed E-state index contributed by atoms with van der Waals surface area (Å²) >= 11 is 2.05. The summed E-state index contributed by atoms with van der Waals surface area (Å²) in [5, 5.41) is 0. The van der Waals surface area contributed by atoms with Gasteiger partial charge in [-0.05, 0) is 12.8 Å². The van der Waals surface area contributed by atoms with Crippen LogP contribution in [0.1, 0.15) is 12.8 Å². The number of carbonyl (C=O) groups is 1. The third-order valence-corrected chi connectivity index (χ3v) is 4.05. The number of rotatable bonds is 1. The van der Waals surface area contributed by atoms with Crippen molar-refractivity contribution >= 4 is 29.0 Å². The van der Waals surface area contributed by atoms with E-state index in [1.807, 2.05) is 22.9 Å². The van der Waals surface area contributed by atoms with Crippen LogP contribution in [0.5, 0.6) is 0 Å². The second-order valence-corrected chi connectivity index (χ2v) is 5.88. The summed E-state index contributed by atoms with van der Waals surface area (Å²) in [5.41, 5.74) is 0.248. The van der Waals surface area contributed by atoms with Crippen molar-refractivity contribution in [2.24, 2.45) is 5.41 Å². The summed E-state index contributed by atoms with van der Waals surface area (Å²) in [6, 6.07) is 0.848. The first-order valence-electron chi connectivity index (χ1n) is 5.03. The molecule has 14 heavy (non-hydrogen) atoms. The van der Waals surface area contributed by atoms with Gasteiger partial charge in [-0.2, -0.15) is 0 Å². The Hall–Kier alpha value is -0.0400. The lowest BCUT2D eigenvalue weighted by Crippen LogP contribution is -2.65. The van der Waals surface area contributed by atoms with E-state index >= 15 is 0 Å². The zero-order valence-electron chi connectivity index (χ0n) is 7.91. The molecule has 2 heterocycles. The van der Waals surface area contributed by atoms with E-state index in [1.165, 1.54) is 12.8 Å². The molecular weight excluding hydrogens is 295 g/mol. The number of ether oxygens (including phenoxy) is 1. The van der Waals surface area contributed by atoms with Crippen molar-refractivity contribution in [2.45, 2.75) is 18.9 Å². The molecule has 0 aromatic heterocycles. The molecular formula is C9H13IN2O2. The van der Waals surface area contributed by atoms with Gasteiger partial charge in [0.15, 0.2) is 0 Å². The molecule has 3 fully saturated rings. The van der Waals surface area contributed by atoms with Crippen LogP contribution in [-0.2, 0) is 4.74 Å². The summed E-state index contributed by atoms with van der Waals surface area (Å²) < 4.78 is 6.82. The van der Waals surface area contributed by atoms with Crippen molar-refractivity contribution in [3.8, 4) is 0 Å². The minimum Gasteiger partial charge on any atom is -0.448 e. The first-order chi connectivity index (χ1) is 6.69. The Morgan fingerprint density at radius 2 is 2.07 bits per heavy atom.